The van der Waals surface area contributed by atoms with Crippen molar-refractivity contribution in [1.29, 1.82) is 0 Å². The zero-order valence-electron chi connectivity index (χ0n) is 6.62. The van der Waals surface area contributed by atoms with E-state index in [0.717, 1.165) is 12.1 Å². The number of rotatable bonds is 1. The summed E-state index contributed by atoms with van der Waals surface area (Å²) in [5, 5.41) is 0.244. The Hall–Kier alpha value is 0.710. The van der Waals surface area contributed by atoms with E-state index < -0.39 is 15.0 Å². The van der Waals surface area contributed by atoms with Crippen molar-refractivity contribution in [3.63, 3.8) is 0 Å². The standard InChI is InChI=1S/C6H4Cl2O3S.Na/c7-4-1-5(8)3-6(2-4)12(9,10)11;/h1-3H,(H,9,10,11);/q;+1/p-1. The van der Waals surface area contributed by atoms with E-state index in [0.29, 0.717) is 0 Å². The Balaban J connectivity index is 0.00000144. The molecule has 0 saturated carbocycles. The third-order valence-electron chi connectivity index (χ3n) is 1.12. The van der Waals surface area contributed by atoms with Crippen molar-refractivity contribution in [2.75, 3.05) is 0 Å². The van der Waals surface area contributed by atoms with Crippen LogP contribution >= 0.6 is 23.2 Å². The molecule has 13 heavy (non-hydrogen) atoms. The molecule has 66 valence electrons. The zero-order chi connectivity index (χ0) is 9.35. The van der Waals surface area contributed by atoms with Crippen molar-refractivity contribution < 1.29 is 42.5 Å². The van der Waals surface area contributed by atoms with Crippen molar-refractivity contribution in [2.45, 2.75) is 4.90 Å². The van der Waals surface area contributed by atoms with Crippen LogP contribution in [0.2, 0.25) is 10.0 Å². The second-order valence-corrected chi connectivity index (χ2v) is 4.31. The maximum atomic E-state index is 10.5. The van der Waals surface area contributed by atoms with Gasteiger partial charge in [-0.05, 0) is 18.2 Å². The normalized spacial score (nSPS) is 10.7. The molecule has 7 heteroatoms. The van der Waals surface area contributed by atoms with E-state index in [9.17, 15) is 13.0 Å². The van der Waals surface area contributed by atoms with E-state index in [1.165, 1.54) is 6.07 Å². The second-order valence-electron chi connectivity index (χ2n) is 2.06. The topological polar surface area (TPSA) is 57.2 Å². The van der Waals surface area contributed by atoms with Crippen LogP contribution in [0.15, 0.2) is 23.1 Å². The predicted molar refractivity (Wildman–Crippen MR) is 44.4 cm³/mol. The summed E-state index contributed by atoms with van der Waals surface area (Å²) >= 11 is 10.9. The number of hydrogen-bond donors (Lipinski definition) is 0. The summed E-state index contributed by atoms with van der Waals surface area (Å²) in [6, 6.07) is 3.45. The van der Waals surface area contributed by atoms with Crippen LogP contribution in [0.5, 0.6) is 0 Å². The summed E-state index contributed by atoms with van der Waals surface area (Å²) in [6.45, 7) is 0. The van der Waals surface area contributed by atoms with E-state index in [1.807, 2.05) is 0 Å². The molecule has 0 unspecified atom stereocenters. The van der Waals surface area contributed by atoms with Gasteiger partial charge >= 0.3 is 29.6 Å². The Morgan fingerprint density at radius 2 is 1.46 bits per heavy atom. The van der Waals surface area contributed by atoms with E-state index in [2.05, 4.69) is 0 Å². The van der Waals surface area contributed by atoms with Gasteiger partial charge in [0.2, 0.25) is 0 Å². The van der Waals surface area contributed by atoms with E-state index >= 15 is 0 Å². The van der Waals surface area contributed by atoms with Crippen LogP contribution in [-0.2, 0) is 10.1 Å². The molecule has 0 aliphatic carbocycles. The Morgan fingerprint density at radius 3 is 1.77 bits per heavy atom. The summed E-state index contributed by atoms with van der Waals surface area (Å²) < 4.78 is 31.4. The minimum absolute atomic E-state index is 0. The largest absolute Gasteiger partial charge is 1.00 e. The first-order chi connectivity index (χ1) is 5.39. The van der Waals surface area contributed by atoms with E-state index in [-0.39, 0.29) is 39.6 Å². The molecule has 3 nitrogen and oxygen atoms in total. The Bertz CT molecular complexity index is 384. The molecular weight excluding hydrogens is 246 g/mol. The molecule has 1 aromatic rings. The zero-order valence-corrected chi connectivity index (χ0v) is 10.9. The smallest absolute Gasteiger partial charge is 0.744 e. The Morgan fingerprint density at radius 1 is 1.08 bits per heavy atom. The maximum Gasteiger partial charge on any atom is 1.00 e. The van der Waals surface area contributed by atoms with Gasteiger partial charge in [-0.3, -0.25) is 0 Å². The summed E-state index contributed by atoms with van der Waals surface area (Å²) in [5.41, 5.74) is 0. The van der Waals surface area contributed by atoms with Gasteiger partial charge in [-0.15, -0.1) is 0 Å². The van der Waals surface area contributed by atoms with Gasteiger partial charge in [0.05, 0.1) is 4.90 Å². The van der Waals surface area contributed by atoms with Crippen LogP contribution in [0, 0.1) is 0 Å². The average molecular weight is 249 g/mol. The molecule has 0 atom stereocenters. The first-order valence-electron chi connectivity index (χ1n) is 2.81. The summed E-state index contributed by atoms with van der Waals surface area (Å²) in [5.74, 6) is 0. The van der Waals surface area contributed by atoms with Gasteiger partial charge in [0.25, 0.3) is 0 Å². The van der Waals surface area contributed by atoms with Crippen LogP contribution in [0.3, 0.4) is 0 Å². The third kappa shape index (κ3) is 4.16. The van der Waals surface area contributed by atoms with Crippen molar-refractivity contribution in [3.05, 3.63) is 28.2 Å². The first-order valence-corrected chi connectivity index (χ1v) is 4.98. The van der Waals surface area contributed by atoms with E-state index in [1.54, 1.807) is 0 Å². The molecule has 0 aliphatic heterocycles. The number of hydrogen-bond acceptors (Lipinski definition) is 3. The fourth-order valence-corrected chi connectivity index (χ4v) is 1.87. The minimum Gasteiger partial charge on any atom is -0.744 e. The Kier molecular flexibility index (Phi) is 5.25. The second kappa shape index (κ2) is 4.98. The molecule has 0 amide bonds. The molecule has 0 aromatic heterocycles. The van der Waals surface area contributed by atoms with Crippen molar-refractivity contribution >= 4 is 33.3 Å². The van der Waals surface area contributed by atoms with Gasteiger partial charge in [-0.2, -0.15) is 0 Å². The van der Waals surface area contributed by atoms with E-state index in [4.69, 9.17) is 23.2 Å². The van der Waals surface area contributed by atoms with Crippen LogP contribution in [0.25, 0.3) is 0 Å². The molecular formula is C6H3Cl2NaO3S. The minimum atomic E-state index is -4.47. The van der Waals surface area contributed by atoms with Crippen LogP contribution in [0.1, 0.15) is 0 Å². The molecule has 0 saturated heterocycles. The number of benzene rings is 1. The predicted octanol–water partition coefficient (Wildman–Crippen LogP) is -1.10. The van der Waals surface area contributed by atoms with Crippen molar-refractivity contribution in [2.24, 2.45) is 0 Å². The van der Waals surface area contributed by atoms with Gasteiger partial charge < -0.3 is 4.55 Å². The molecule has 0 fully saturated rings. The molecule has 0 radical (unpaired) electrons. The monoisotopic (exact) mass is 248 g/mol. The Labute approximate surface area is 108 Å². The molecule has 0 bridgehead atoms. The summed E-state index contributed by atoms with van der Waals surface area (Å²) in [7, 11) is -4.47. The SMILES string of the molecule is O=S(=O)([O-])c1cc(Cl)cc(Cl)c1.[Na+]. The third-order valence-corrected chi connectivity index (χ3v) is 2.37. The van der Waals surface area contributed by atoms with Gasteiger partial charge in [-0.1, -0.05) is 23.2 Å². The van der Waals surface area contributed by atoms with Crippen molar-refractivity contribution in [1.82, 2.24) is 0 Å². The molecule has 0 N–H and O–H groups in total. The maximum absolute atomic E-state index is 10.5. The molecule has 1 rings (SSSR count). The van der Waals surface area contributed by atoms with Gasteiger partial charge in [-0.25, -0.2) is 8.42 Å². The van der Waals surface area contributed by atoms with Gasteiger partial charge in [0, 0.05) is 10.0 Å². The van der Waals surface area contributed by atoms with Crippen LogP contribution < -0.4 is 29.6 Å². The number of halogens is 2. The molecule has 0 spiro atoms. The van der Waals surface area contributed by atoms with Gasteiger partial charge in [0.15, 0.2) is 0 Å². The summed E-state index contributed by atoms with van der Waals surface area (Å²) in [4.78, 5) is -0.417. The van der Waals surface area contributed by atoms with Crippen LogP contribution in [-0.4, -0.2) is 13.0 Å². The fraction of sp³-hybridized carbons (Fsp3) is 0. The fourth-order valence-electron chi connectivity index (χ4n) is 0.673. The average Bonchev–Trinajstić information content (AvgIpc) is 1.82. The summed E-state index contributed by atoms with van der Waals surface area (Å²) in [6.07, 6.45) is 0. The molecule has 1 aromatic carbocycles. The van der Waals surface area contributed by atoms with Crippen molar-refractivity contribution in [3.8, 4) is 0 Å². The first kappa shape index (κ1) is 13.7. The molecule has 0 aliphatic rings. The quantitative estimate of drug-likeness (QED) is 0.469. The van der Waals surface area contributed by atoms with Gasteiger partial charge in [0.1, 0.15) is 10.1 Å². The molecule has 0 heterocycles. The van der Waals surface area contributed by atoms with Crippen LogP contribution in [0.4, 0.5) is 0 Å².